The van der Waals surface area contributed by atoms with Crippen molar-refractivity contribution >= 4 is 6.03 Å². The number of carbonyl (C=O) groups is 1. The molecule has 0 radical (unpaired) electrons. The van der Waals surface area contributed by atoms with Crippen LogP contribution < -0.4 is 24.8 Å². The van der Waals surface area contributed by atoms with Crippen LogP contribution >= 0.6 is 0 Å². The molecule has 2 aromatic rings. The maximum Gasteiger partial charge on any atom is 0.317 e. The number of rotatable bonds is 8. The fraction of sp³-hybridized carbons (Fsp3) is 0.350. The maximum absolute atomic E-state index is 11.8. The molecule has 0 heterocycles. The molecule has 0 aliphatic heterocycles. The number of ether oxygens (including phenoxy) is 3. The van der Waals surface area contributed by atoms with Crippen LogP contribution in [0.15, 0.2) is 36.4 Å². The largest absolute Gasteiger partial charge is 0.493 e. The van der Waals surface area contributed by atoms with Gasteiger partial charge in [-0.2, -0.15) is 0 Å². The molecule has 0 aromatic heterocycles. The minimum absolute atomic E-state index is 0.116. The Morgan fingerprint density at radius 3 is 2.38 bits per heavy atom. The highest BCUT2D eigenvalue weighted by molar-refractivity contribution is 5.73. The van der Waals surface area contributed by atoms with Gasteiger partial charge in [0, 0.05) is 6.54 Å². The Morgan fingerprint density at radius 1 is 0.923 bits per heavy atom. The van der Waals surface area contributed by atoms with Crippen LogP contribution in [0.4, 0.5) is 4.79 Å². The molecule has 6 heteroatoms. The molecule has 6 nitrogen and oxygen atoms in total. The van der Waals surface area contributed by atoms with E-state index in [4.69, 9.17) is 14.2 Å². The number of hydrogen-bond donors (Lipinski definition) is 2. The smallest absolute Gasteiger partial charge is 0.317 e. The number of urea groups is 1. The van der Waals surface area contributed by atoms with Gasteiger partial charge in [-0.1, -0.05) is 12.1 Å². The Kier molecular flexibility index (Phi) is 7.14. The van der Waals surface area contributed by atoms with Crippen molar-refractivity contribution in [2.75, 3.05) is 27.5 Å². The van der Waals surface area contributed by atoms with Crippen LogP contribution in [0.1, 0.15) is 16.7 Å². The van der Waals surface area contributed by atoms with E-state index < -0.39 is 0 Å². The Bertz CT molecular complexity index is 747. The molecular weight excluding hydrogens is 332 g/mol. The number of hydrogen-bond acceptors (Lipinski definition) is 4. The standard InChI is InChI=1S/C20H26N2O4/c1-14-5-7-17(11-15(14)2)26-13-22-20(23)21-10-9-16-6-8-18(24-3)19(12-16)25-4/h5-8,11-12H,9-10,13H2,1-4H3,(H2,21,22,23). The summed E-state index contributed by atoms with van der Waals surface area (Å²) in [6.07, 6.45) is 0.686. The van der Waals surface area contributed by atoms with E-state index in [2.05, 4.69) is 10.6 Å². The van der Waals surface area contributed by atoms with Gasteiger partial charge < -0.3 is 24.8 Å². The van der Waals surface area contributed by atoms with Crippen LogP contribution in [-0.2, 0) is 6.42 Å². The lowest BCUT2D eigenvalue weighted by atomic mass is 10.1. The molecule has 26 heavy (non-hydrogen) atoms. The highest BCUT2D eigenvalue weighted by atomic mass is 16.5. The second-order valence-corrected chi connectivity index (χ2v) is 5.91. The predicted octanol–water partition coefficient (Wildman–Crippen LogP) is 3.20. The molecule has 0 atom stereocenters. The first kappa shape index (κ1) is 19.4. The lowest BCUT2D eigenvalue weighted by Gasteiger charge is -2.11. The second-order valence-electron chi connectivity index (χ2n) is 5.91. The fourth-order valence-corrected chi connectivity index (χ4v) is 2.41. The summed E-state index contributed by atoms with van der Waals surface area (Å²) in [4.78, 5) is 11.8. The zero-order valence-corrected chi connectivity index (χ0v) is 15.7. The van der Waals surface area contributed by atoms with Crippen molar-refractivity contribution in [3.05, 3.63) is 53.1 Å². The van der Waals surface area contributed by atoms with Crippen LogP contribution in [0.25, 0.3) is 0 Å². The van der Waals surface area contributed by atoms with Gasteiger partial charge in [-0.15, -0.1) is 0 Å². The van der Waals surface area contributed by atoms with Gasteiger partial charge in [-0.25, -0.2) is 4.79 Å². The first-order valence-electron chi connectivity index (χ1n) is 8.46. The van der Waals surface area contributed by atoms with E-state index in [-0.39, 0.29) is 12.8 Å². The van der Waals surface area contributed by atoms with Crippen LogP contribution in [0.5, 0.6) is 17.2 Å². The van der Waals surface area contributed by atoms with Crippen molar-refractivity contribution in [2.24, 2.45) is 0 Å². The molecule has 0 fully saturated rings. The number of methoxy groups -OCH3 is 2. The predicted molar refractivity (Wildman–Crippen MR) is 101 cm³/mol. The van der Waals surface area contributed by atoms with Gasteiger partial charge in [0.25, 0.3) is 0 Å². The molecule has 0 saturated carbocycles. The van der Waals surface area contributed by atoms with Crippen LogP contribution in [0.3, 0.4) is 0 Å². The number of nitrogens with one attached hydrogen (secondary N) is 2. The summed E-state index contributed by atoms with van der Waals surface area (Å²) in [5, 5.41) is 5.48. The highest BCUT2D eigenvalue weighted by Crippen LogP contribution is 2.27. The van der Waals surface area contributed by atoms with Gasteiger partial charge in [-0.3, -0.25) is 0 Å². The lowest BCUT2D eigenvalue weighted by Crippen LogP contribution is -2.38. The molecule has 0 bridgehead atoms. The normalized spacial score (nSPS) is 10.2. The third-order valence-electron chi connectivity index (χ3n) is 4.10. The van der Waals surface area contributed by atoms with Crippen LogP contribution in [0, 0.1) is 13.8 Å². The minimum Gasteiger partial charge on any atom is -0.493 e. The van der Waals surface area contributed by atoms with Crippen LogP contribution in [-0.4, -0.2) is 33.5 Å². The zero-order chi connectivity index (χ0) is 18.9. The van der Waals surface area contributed by atoms with Crippen LogP contribution in [0.2, 0.25) is 0 Å². The Labute approximate surface area is 154 Å². The third kappa shape index (κ3) is 5.58. The zero-order valence-electron chi connectivity index (χ0n) is 15.7. The van der Waals surface area contributed by atoms with Crippen molar-refractivity contribution in [1.82, 2.24) is 10.6 Å². The molecule has 0 aliphatic carbocycles. The third-order valence-corrected chi connectivity index (χ3v) is 4.10. The van der Waals surface area contributed by atoms with Gasteiger partial charge in [0.1, 0.15) is 5.75 Å². The van der Waals surface area contributed by atoms with Crippen molar-refractivity contribution in [3.8, 4) is 17.2 Å². The molecule has 0 spiro atoms. The quantitative estimate of drug-likeness (QED) is 0.711. The van der Waals surface area contributed by atoms with Crippen molar-refractivity contribution in [2.45, 2.75) is 20.3 Å². The SMILES string of the molecule is COc1ccc(CCNC(=O)NCOc2ccc(C)c(C)c2)cc1OC. The monoisotopic (exact) mass is 358 g/mol. The summed E-state index contributed by atoms with van der Waals surface area (Å²) < 4.78 is 16.0. The van der Waals surface area contributed by atoms with Crippen molar-refractivity contribution in [3.63, 3.8) is 0 Å². The molecule has 2 rings (SSSR count). The Hall–Kier alpha value is -2.89. The van der Waals surface area contributed by atoms with E-state index in [0.717, 1.165) is 16.9 Å². The molecule has 2 aromatic carbocycles. The number of amides is 2. The highest BCUT2D eigenvalue weighted by Gasteiger charge is 2.05. The van der Waals surface area contributed by atoms with E-state index in [0.29, 0.717) is 24.5 Å². The summed E-state index contributed by atoms with van der Waals surface area (Å²) in [6.45, 7) is 4.69. The summed E-state index contributed by atoms with van der Waals surface area (Å²) in [5.41, 5.74) is 3.41. The number of benzene rings is 2. The molecular formula is C20H26N2O4. The Balaban J connectivity index is 1.71. The second kappa shape index (κ2) is 9.56. The summed E-state index contributed by atoms with van der Waals surface area (Å²) in [7, 11) is 3.20. The van der Waals surface area contributed by atoms with Gasteiger partial charge in [-0.05, 0) is 61.2 Å². The van der Waals surface area contributed by atoms with Gasteiger partial charge in [0.15, 0.2) is 18.2 Å². The van der Waals surface area contributed by atoms with Crippen molar-refractivity contribution in [1.29, 1.82) is 0 Å². The van der Waals surface area contributed by atoms with E-state index in [9.17, 15) is 4.79 Å². The summed E-state index contributed by atoms with van der Waals surface area (Å²) in [5.74, 6) is 2.10. The molecule has 140 valence electrons. The summed E-state index contributed by atoms with van der Waals surface area (Å²) in [6, 6.07) is 11.3. The minimum atomic E-state index is -0.269. The average Bonchev–Trinajstić information content (AvgIpc) is 2.64. The van der Waals surface area contributed by atoms with E-state index >= 15 is 0 Å². The number of carbonyl (C=O) groups excluding carboxylic acids is 1. The lowest BCUT2D eigenvalue weighted by molar-refractivity contribution is 0.224. The van der Waals surface area contributed by atoms with E-state index in [1.54, 1.807) is 14.2 Å². The maximum atomic E-state index is 11.8. The molecule has 0 saturated heterocycles. The fourth-order valence-electron chi connectivity index (χ4n) is 2.41. The first-order valence-corrected chi connectivity index (χ1v) is 8.46. The van der Waals surface area contributed by atoms with Gasteiger partial charge in [0.2, 0.25) is 0 Å². The molecule has 2 amide bonds. The van der Waals surface area contributed by atoms with Gasteiger partial charge in [0.05, 0.1) is 14.2 Å². The molecule has 0 aliphatic rings. The number of aryl methyl sites for hydroxylation is 2. The van der Waals surface area contributed by atoms with Crippen molar-refractivity contribution < 1.29 is 19.0 Å². The Morgan fingerprint density at radius 2 is 1.69 bits per heavy atom. The average molecular weight is 358 g/mol. The van der Waals surface area contributed by atoms with E-state index in [1.807, 2.05) is 50.2 Å². The molecule has 2 N–H and O–H groups in total. The summed E-state index contributed by atoms with van der Waals surface area (Å²) >= 11 is 0. The van der Waals surface area contributed by atoms with E-state index in [1.165, 1.54) is 5.56 Å². The van der Waals surface area contributed by atoms with Gasteiger partial charge >= 0.3 is 6.03 Å². The molecule has 0 unspecified atom stereocenters. The first-order chi connectivity index (χ1) is 12.5. The topological polar surface area (TPSA) is 68.8 Å².